The number of aryl methyl sites for hydroxylation is 1. The highest BCUT2D eigenvalue weighted by atomic mass is 32.1. The van der Waals surface area contributed by atoms with Crippen molar-refractivity contribution in [2.75, 3.05) is 7.05 Å². The number of guanidine groups is 1. The molecule has 0 aliphatic rings. The average molecular weight is 360 g/mol. The first-order chi connectivity index (χ1) is 11.9. The van der Waals surface area contributed by atoms with Crippen LogP contribution in [-0.4, -0.2) is 18.6 Å². The third-order valence-electron chi connectivity index (χ3n) is 3.73. The van der Waals surface area contributed by atoms with Crippen molar-refractivity contribution in [2.45, 2.75) is 53.0 Å². The van der Waals surface area contributed by atoms with Crippen LogP contribution in [0.4, 0.5) is 0 Å². The SMILES string of the molecule is CN=C(NCc1cccc(COC(C)(C)C)c1)NCc1sccc1C. The quantitative estimate of drug-likeness (QED) is 0.599. The van der Waals surface area contributed by atoms with Crippen molar-refractivity contribution in [3.63, 3.8) is 0 Å². The summed E-state index contributed by atoms with van der Waals surface area (Å²) in [7, 11) is 1.80. The Bertz CT molecular complexity index is 701. The van der Waals surface area contributed by atoms with Crippen molar-refractivity contribution in [1.82, 2.24) is 10.6 Å². The second-order valence-corrected chi connectivity index (χ2v) is 8.03. The monoisotopic (exact) mass is 359 g/mol. The lowest BCUT2D eigenvalue weighted by Gasteiger charge is -2.19. The molecule has 0 saturated carbocycles. The van der Waals surface area contributed by atoms with Gasteiger partial charge in [0.25, 0.3) is 0 Å². The van der Waals surface area contributed by atoms with Crippen LogP contribution in [0.1, 0.15) is 42.3 Å². The first kappa shape index (κ1) is 19.5. The first-order valence-electron chi connectivity index (χ1n) is 8.56. The number of nitrogens with one attached hydrogen (secondary N) is 2. The second kappa shape index (κ2) is 9.02. The normalized spacial score (nSPS) is 12.3. The second-order valence-electron chi connectivity index (χ2n) is 7.03. The van der Waals surface area contributed by atoms with E-state index in [1.54, 1.807) is 18.4 Å². The van der Waals surface area contributed by atoms with E-state index in [2.05, 4.69) is 79.0 Å². The lowest BCUT2D eigenvalue weighted by molar-refractivity contribution is -0.0149. The molecule has 0 aliphatic heterocycles. The van der Waals surface area contributed by atoms with Crippen LogP contribution in [0.5, 0.6) is 0 Å². The fourth-order valence-corrected chi connectivity index (χ4v) is 3.13. The molecule has 0 spiro atoms. The minimum Gasteiger partial charge on any atom is -0.371 e. The predicted octanol–water partition coefficient (Wildman–Crippen LogP) is 4.24. The Hall–Kier alpha value is -1.85. The molecule has 1 heterocycles. The fourth-order valence-electron chi connectivity index (χ4n) is 2.28. The average Bonchev–Trinajstić information content (AvgIpc) is 2.98. The molecule has 2 N–H and O–H groups in total. The highest BCUT2D eigenvalue weighted by Gasteiger charge is 2.10. The van der Waals surface area contributed by atoms with Gasteiger partial charge in [-0.1, -0.05) is 24.3 Å². The van der Waals surface area contributed by atoms with E-state index in [9.17, 15) is 0 Å². The number of nitrogens with zero attached hydrogens (tertiary/aromatic N) is 1. The predicted molar refractivity (Wildman–Crippen MR) is 107 cm³/mol. The van der Waals surface area contributed by atoms with Crippen LogP contribution in [0, 0.1) is 6.92 Å². The molecule has 136 valence electrons. The number of thiophene rings is 1. The highest BCUT2D eigenvalue weighted by molar-refractivity contribution is 7.10. The van der Waals surface area contributed by atoms with Gasteiger partial charge in [0.15, 0.2) is 5.96 Å². The molecule has 5 heteroatoms. The number of hydrogen-bond donors (Lipinski definition) is 2. The number of ether oxygens (including phenoxy) is 1. The third-order valence-corrected chi connectivity index (χ3v) is 4.75. The van der Waals surface area contributed by atoms with E-state index in [0.29, 0.717) is 6.61 Å². The van der Waals surface area contributed by atoms with Crippen LogP contribution in [0.15, 0.2) is 40.7 Å². The zero-order valence-electron chi connectivity index (χ0n) is 15.8. The summed E-state index contributed by atoms with van der Waals surface area (Å²) in [6.45, 7) is 10.5. The maximum atomic E-state index is 5.85. The Morgan fingerprint density at radius 1 is 1.12 bits per heavy atom. The van der Waals surface area contributed by atoms with Gasteiger partial charge in [-0.05, 0) is 55.8 Å². The van der Waals surface area contributed by atoms with E-state index in [0.717, 1.165) is 19.0 Å². The van der Waals surface area contributed by atoms with Crippen LogP contribution in [0.25, 0.3) is 0 Å². The van der Waals surface area contributed by atoms with Gasteiger partial charge in [0.05, 0.1) is 18.8 Å². The molecule has 0 bridgehead atoms. The molecule has 0 unspecified atom stereocenters. The van der Waals surface area contributed by atoms with Crippen molar-refractivity contribution in [2.24, 2.45) is 4.99 Å². The third kappa shape index (κ3) is 6.88. The van der Waals surface area contributed by atoms with E-state index in [-0.39, 0.29) is 5.60 Å². The molecule has 0 fully saturated rings. The number of rotatable bonds is 6. The maximum Gasteiger partial charge on any atom is 0.191 e. The van der Waals surface area contributed by atoms with Crippen molar-refractivity contribution >= 4 is 17.3 Å². The zero-order chi connectivity index (χ0) is 18.3. The number of benzene rings is 1. The topological polar surface area (TPSA) is 45.7 Å². The summed E-state index contributed by atoms with van der Waals surface area (Å²) >= 11 is 1.77. The number of aliphatic imine (C=N–C) groups is 1. The van der Waals surface area contributed by atoms with Gasteiger partial charge in [-0.3, -0.25) is 4.99 Å². The summed E-state index contributed by atoms with van der Waals surface area (Å²) in [4.78, 5) is 5.63. The molecule has 1 aromatic heterocycles. The van der Waals surface area contributed by atoms with Crippen LogP contribution in [0.3, 0.4) is 0 Å². The van der Waals surface area contributed by atoms with Crippen LogP contribution in [-0.2, 0) is 24.4 Å². The molecule has 0 aliphatic carbocycles. The number of hydrogen-bond acceptors (Lipinski definition) is 3. The van der Waals surface area contributed by atoms with Crippen molar-refractivity contribution < 1.29 is 4.74 Å². The van der Waals surface area contributed by atoms with Crippen LogP contribution >= 0.6 is 11.3 Å². The first-order valence-corrected chi connectivity index (χ1v) is 9.44. The van der Waals surface area contributed by atoms with Crippen molar-refractivity contribution in [3.8, 4) is 0 Å². The van der Waals surface area contributed by atoms with Gasteiger partial charge in [0, 0.05) is 18.5 Å². The molecule has 2 aromatic rings. The van der Waals surface area contributed by atoms with E-state index in [1.165, 1.54) is 21.6 Å². The van der Waals surface area contributed by atoms with Gasteiger partial charge in [0.1, 0.15) is 0 Å². The summed E-state index contributed by atoms with van der Waals surface area (Å²) < 4.78 is 5.85. The Balaban J connectivity index is 1.85. The van der Waals surface area contributed by atoms with Gasteiger partial charge in [0.2, 0.25) is 0 Å². The van der Waals surface area contributed by atoms with Gasteiger partial charge in [-0.15, -0.1) is 11.3 Å². The minimum absolute atomic E-state index is 0.125. The molecule has 0 amide bonds. The highest BCUT2D eigenvalue weighted by Crippen LogP contribution is 2.15. The standard InChI is InChI=1S/C20H29N3OS/c1-15-9-10-25-18(15)13-23-19(21-5)22-12-16-7-6-8-17(11-16)14-24-20(2,3)4/h6-11H,12-14H2,1-5H3,(H2,21,22,23). The molecule has 0 atom stereocenters. The van der Waals surface area contributed by atoms with Crippen molar-refractivity contribution in [3.05, 3.63) is 57.3 Å². The largest absolute Gasteiger partial charge is 0.371 e. The van der Waals surface area contributed by atoms with Gasteiger partial charge in [-0.25, -0.2) is 0 Å². The van der Waals surface area contributed by atoms with E-state index < -0.39 is 0 Å². The van der Waals surface area contributed by atoms with Crippen molar-refractivity contribution in [1.29, 1.82) is 0 Å². The minimum atomic E-state index is -0.125. The Morgan fingerprint density at radius 2 is 1.84 bits per heavy atom. The zero-order valence-corrected chi connectivity index (χ0v) is 16.7. The summed E-state index contributed by atoms with van der Waals surface area (Å²) in [5, 5.41) is 8.86. The molecular formula is C20H29N3OS. The van der Waals surface area contributed by atoms with Gasteiger partial charge in [-0.2, -0.15) is 0 Å². The smallest absolute Gasteiger partial charge is 0.191 e. The van der Waals surface area contributed by atoms with Crippen LogP contribution in [0.2, 0.25) is 0 Å². The van der Waals surface area contributed by atoms with Gasteiger partial charge >= 0.3 is 0 Å². The Kier molecular flexibility index (Phi) is 7.02. The molecule has 2 rings (SSSR count). The summed E-state index contributed by atoms with van der Waals surface area (Å²) in [5.41, 5.74) is 3.59. The molecule has 0 saturated heterocycles. The fraction of sp³-hybridized carbons (Fsp3) is 0.450. The van der Waals surface area contributed by atoms with Gasteiger partial charge < -0.3 is 15.4 Å². The van der Waals surface area contributed by atoms with E-state index in [4.69, 9.17) is 4.74 Å². The lowest BCUT2D eigenvalue weighted by atomic mass is 10.1. The lowest BCUT2D eigenvalue weighted by Crippen LogP contribution is -2.36. The van der Waals surface area contributed by atoms with E-state index >= 15 is 0 Å². The summed E-state index contributed by atoms with van der Waals surface area (Å²) in [6, 6.07) is 10.6. The molecular weight excluding hydrogens is 330 g/mol. The Morgan fingerprint density at radius 3 is 2.48 bits per heavy atom. The molecule has 1 aromatic carbocycles. The Labute approximate surface area is 155 Å². The molecule has 0 radical (unpaired) electrons. The maximum absolute atomic E-state index is 5.85. The van der Waals surface area contributed by atoms with E-state index in [1.807, 2.05) is 0 Å². The summed E-state index contributed by atoms with van der Waals surface area (Å²) in [5.74, 6) is 0.809. The summed E-state index contributed by atoms with van der Waals surface area (Å²) in [6.07, 6.45) is 0. The van der Waals surface area contributed by atoms with Crippen LogP contribution < -0.4 is 10.6 Å². The molecule has 4 nitrogen and oxygen atoms in total. The molecule has 25 heavy (non-hydrogen) atoms.